The maximum Gasteiger partial charge on any atom is 0.223 e. The molecule has 0 fully saturated rings. The first-order valence-electron chi connectivity index (χ1n) is 7.93. The van der Waals surface area contributed by atoms with Gasteiger partial charge in [0.2, 0.25) is 5.95 Å². The van der Waals surface area contributed by atoms with Gasteiger partial charge in [0.15, 0.2) is 5.78 Å². The molecule has 24 heavy (non-hydrogen) atoms. The second kappa shape index (κ2) is 6.62. The van der Waals surface area contributed by atoms with Crippen molar-refractivity contribution in [1.82, 2.24) is 9.97 Å². The van der Waals surface area contributed by atoms with Crippen LogP contribution in [0.2, 0.25) is 5.02 Å². The van der Waals surface area contributed by atoms with E-state index in [9.17, 15) is 4.79 Å². The fraction of sp³-hybridized carbons (Fsp3) is 0.316. The average molecular weight is 340 g/mol. The van der Waals surface area contributed by atoms with Crippen LogP contribution in [0.3, 0.4) is 0 Å². The molecule has 4 nitrogen and oxygen atoms in total. The molecule has 0 saturated carbocycles. The number of aromatic nitrogens is 2. The van der Waals surface area contributed by atoms with Gasteiger partial charge in [-0.3, -0.25) is 4.79 Å². The smallest absolute Gasteiger partial charge is 0.223 e. The molecular weight excluding hydrogens is 322 g/mol. The minimum Gasteiger partial charge on any atom is -0.351 e. The summed E-state index contributed by atoms with van der Waals surface area (Å²) < 4.78 is 0. The van der Waals surface area contributed by atoms with Crippen LogP contribution in [0, 0.1) is 12.3 Å². The highest BCUT2D eigenvalue weighted by Crippen LogP contribution is 2.30. The van der Waals surface area contributed by atoms with Crippen LogP contribution >= 0.6 is 11.6 Å². The summed E-state index contributed by atoms with van der Waals surface area (Å²) in [6, 6.07) is 3.96. The van der Waals surface area contributed by atoms with E-state index in [1.807, 2.05) is 19.1 Å². The van der Waals surface area contributed by atoms with Crippen LogP contribution in [0.25, 0.3) is 0 Å². The molecule has 1 aromatic heterocycles. The van der Waals surface area contributed by atoms with Crippen molar-refractivity contribution in [2.24, 2.45) is 0 Å². The topological polar surface area (TPSA) is 54.9 Å². The molecular formula is C19H18ClN3O. The van der Waals surface area contributed by atoms with Gasteiger partial charge in [-0.15, -0.1) is 6.42 Å². The van der Waals surface area contributed by atoms with Crippen LogP contribution in [0.5, 0.6) is 0 Å². The number of hydrogen-bond donors (Lipinski definition) is 1. The molecule has 2 aromatic rings. The van der Waals surface area contributed by atoms with Crippen LogP contribution in [0.4, 0.5) is 5.95 Å². The number of carbonyl (C=O) groups is 1. The number of nitrogens with one attached hydrogen (secondary N) is 1. The highest BCUT2D eigenvalue weighted by molar-refractivity contribution is 6.30. The van der Waals surface area contributed by atoms with Crippen LogP contribution in [-0.2, 0) is 19.3 Å². The fourth-order valence-corrected chi connectivity index (χ4v) is 3.40. The van der Waals surface area contributed by atoms with Gasteiger partial charge < -0.3 is 5.32 Å². The van der Waals surface area contributed by atoms with Gasteiger partial charge in [0.25, 0.3) is 0 Å². The third-order valence-electron chi connectivity index (χ3n) is 4.29. The highest BCUT2D eigenvalue weighted by atomic mass is 35.5. The second-order valence-corrected chi connectivity index (χ2v) is 6.39. The number of anilines is 1. The summed E-state index contributed by atoms with van der Waals surface area (Å²) in [7, 11) is 0. The van der Waals surface area contributed by atoms with Crippen LogP contribution in [-0.4, -0.2) is 21.8 Å². The molecule has 0 spiro atoms. The number of ketones is 1. The molecule has 1 unspecified atom stereocenters. The zero-order valence-electron chi connectivity index (χ0n) is 13.7. The first-order valence-corrected chi connectivity index (χ1v) is 8.31. The molecule has 1 aromatic carbocycles. The van der Waals surface area contributed by atoms with E-state index in [1.165, 1.54) is 12.5 Å². The number of Topliss-reactive ketones (excluding diaryl/α,β-unsaturated/α-hetero) is 1. The number of carbonyl (C=O) groups excluding carboxylic acids is 1. The Hall–Kier alpha value is -2.38. The van der Waals surface area contributed by atoms with E-state index in [1.54, 1.807) is 6.20 Å². The van der Waals surface area contributed by atoms with Crippen molar-refractivity contribution in [2.45, 2.75) is 39.2 Å². The van der Waals surface area contributed by atoms with Gasteiger partial charge in [-0.1, -0.05) is 24.4 Å². The Morgan fingerprint density at radius 3 is 2.92 bits per heavy atom. The van der Waals surface area contributed by atoms with E-state index in [2.05, 4.69) is 21.2 Å². The third-order valence-corrected chi connectivity index (χ3v) is 4.51. The van der Waals surface area contributed by atoms with Crippen molar-refractivity contribution in [3.63, 3.8) is 0 Å². The first-order chi connectivity index (χ1) is 11.5. The van der Waals surface area contributed by atoms with E-state index < -0.39 is 0 Å². The Kier molecular flexibility index (Phi) is 4.55. The van der Waals surface area contributed by atoms with Crippen molar-refractivity contribution < 1.29 is 4.79 Å². The van der Waals surface area contributed by atoms with Gasteiger partial charge in [0.1, 0.15) is 0 Å². The summed E-state index contributed by atoms with van der Waals surface area (Å²) in [6.45, 7) is 3.51. The predicted octanol–water partition coefficient (Wildman–Crippen LogP) is 3.46. The summed E-state index contributed by atoms with van der Waals surface area (Å²) in [5.41, 5.74) is 4.53. The van der Waals surface area contributed by atoms with E-state index in [4.69, 9.17) is 18.0 Å². The van der Waals surface area contributed by atoms with Gasteiger partial charge in [-0.25, -0.2) is 9.97 Å². The number of halogens is 1. The predicted molar refractivity (Wildman–Crippen MR) is 95.6 cm³/mol. The molecule has 122 valence electrons. The molecule has 5 heteroatoms. The number of benzene rings is 1. The zero-order valence-corrected chi connectivity index (χ0v) is 14.4. The first kappa shape index (κ1) is 16.5. The summed E-state index contributed by atoms with van der Waals surface area (Å²) in [5, 5.41) is 4.02. The van der Waals surface area contributed by atoms with Crippen molar-refractivity contribution >= 4 is 23.3 Å². The number of aryl methyl sites for hydroxylation is 1. The molecule has 1 N–H and O–H groups in total. The summed E-state index contributed by atoms with van der Waals surface area (Å²) in [5.74, 6) is 3.24. The lowest BCUT2D eigenvalue weighted by Gasteiger charge is -2.13. The SMILES string of the molecule is C#Cc1cc(Cl)cc2c1CC(Nc1ncc(C(C)=O)c(CC)n1)C2. The summed E-state index contributed by atoms with van der Waals surface area (Å²) in [6.07, 6.45) is 9.51. The number of fused-ring (bicyclic) bond motifs is 1. The maximum absolute atomic E-state index is 11.6. The van der Waals surface area contributed by atoms with Gasteiger partial charge in [0.05, 0.1) is 11.3 Å². The van der Waals surface area contributed by atoms with E-state index in [0.717, 1.165) is 29.7 Å². The quantitative estimate of drug-likeness (QED) is 0.684. The molecule has 1 atom stereocenters. The van der Waals surface area contributed by atoms with Crippen LogP contribution in [0.1, 0.15) is 46.6 Å². The summed E-state index contributed by atoms with van der Waals surface area (Å²) in [4.78, 5) is 20.4. The minimum atomic E-state index is -0.0139. The Balaban J connectivity index is 1.82. The Bertz CT molecular complexity index is 854. The molecule has 1 heterocycles. The van der Waals surface area contributed by atoms with Crippen molar-refractivity contribution in [3.05, 3.63) is 51.3 Å². The lowest BCUT2D eigenvalue weighted by atomic mass is 10.0. The van der Waals surface area contributed by atoms with Crippen molar-refractivity contribution in [1.29, 1.82) is 0 Å². The third kappa shape index (κ3) is 3.13. The van der Waals surface area contributed by atoms with Gasteiger partial charge in [-0.2, -0.15) is 0 Å². The maximum atomic E-state index is 11.6. The molecule has 0 bridgehead atoms. The zero-order chi connectivity index (χ0) is 17.3. The number of rotatable bonds is 4. The van der Waals surface area contributed by atoms with Crippen molar-refractivity contribution in [3.8, 4) is 12.3 Å². The molecule has 0 radical (unpaired) electrons. The second-order valence-electron chi connectivity index (χ2n) is 5.95. The molecule has 0 saturated heterocycles. The van der Waals surface area contributed by atoms with Gasteiger partial charge in [0, 0.05) is 22.8 Å². The lowest BCUT2D eigenvalue weighted by molar-refractivity contribution is 0.101. The lowest BCUT2D eigenvalue weighted by Crippen LogP contribution is -2.22. The largest absolute Gasteiger partial charge is 0.351 e. The Labute approximate surface area is 146 Å². The number of terminal acetylenes is 1. The molecule has 0 amide bonds. The molecule has 0 aliphatic heterocycles. The van der Waals surface area contributed by atoms with Crippen molar-refractivity contribution in [2.75, 3.05) is 5.32 Å². The van der Waals surface area contributed by atoms with Gasteiger partial charge in [-0.05, 0) is 49.4 Å². The van der Waals surface area contributed by atoms with E-state index >= 15 is 0 Å². The molecule has 1 aliphatic carbocycles. The minimum absolute atomic E-state index is 0.0139. The molecule has 1 aliphatic rings. The highest BCUT2D eigenvalue weighted by Gasteiger charge is 2.25. The Morgan fingerprint density at radius 1 is 1.46 bits per heavy atom. The Morgan fingerprint density at radius 2 is 2.25 bits per heavy atom. The van der Waals surface area contributed by atoms with Crippen LogP contribution < -0.4 is 5.32 Å². The normalized spacial score (nSPS) is 15.7. The summed E-state index contributed by atoms with van der Waals surface area (Å²) >= 11 is 6.13. The fourth-order valence-electron chi connectivity index (χ4n) is 3.16. The number of hydrogen-bond acceptors (Lipinski definition) is 4. The average Bonchev–Trinajstić information content (AvgIpc) is 2.95. The van der Waals surface area contributed by atoms with E-state index in [-0.39, 0.29) is 11.8 Å². The van der Waals surface area contributed by atoms with E-state index in [0.29, 0.717) is 23.0 Å². The van der Waals surface area contributed by atoms with Crippen LogP contribution in [0.15, 0.2) is 18.3 Å². The number of nitrogens with zero attached hydrogens (tertiary/aromatic N) is 2. The monoisotopic (exact) mass is 339 g/mol. The standard InChI is InChI=1S/C19H18ClN3O/c1-4-12-6-14(20)7-13-8-15(9-16(12)13)22-19-21-10-17(11(3)24)18(5-2)23-19/h1,6-7,10,15H,5,8-9H2,2-3H3,(H,21,22,23). The van der Waals surface area contributed by atoms with Gasteiger partial charge >= 0.3 is 0 Å². The molecule has 3 rings (SSSR count).